The number of benzene rings is 1. The van der Waals surface area contributed by atoms with E-state index in [4.69, 9.17) is 11.6 Å². The van der Waals surface area contributed by atoms with Crippen LogP contribution in [0.1, 0.15) is 18.9 Å². The number of thiophene rings is 1. The highest BCUT2D eigenvalue weighted by atomic mass is 35.5. The Morgan fingerprint density at radius 3 is 2.79 bits per heavy atom. The normalized spacial score (nSPS) is 14.1. The Kier molecular flexibility index (Phi) is 5.69. The van der Waals surface area contributed by atoms with Crippen molar-refractivity contribution in [3.8, 4) is 10.7 Å². The van der Waals surface area contributed by atoms with Crippen molar-refractivity contribution in [2.75, 3.05) is 17.3 Å². The molecule has 0 atom stereocenters. The predicted molar refractivity (Wildman–Crippen MR) is 116 cm³/mol. The Bertz CT molecular complexity index is 1160. The van der Waals surface area contributed by atoms with Crippen molar-refractivity contribution in [2.45, 2.75) is 28.9 Å². The third-order valence-electron chi connectivity index (χ3n) is 4.29. The van der Waals surface area contributed by atoms with Crippen LogP contribution in [0.25, 0.3) is 10.7 Å². The lowest BCUT2D eigenvalue weighted by Crippen LogP contribution is -2.15. The largest absolute Gasteiger partial charge is 0.324 e. The lowest BCUT2D eigenvalue weighted by Gasteiger charge is -2.10. The van der Waals surface area contributed by atoms with Crippen molar-refractivity contribution < 1.29 is 13.2 Å². The first-order chi connectivity index (χ1) is 13.8. The molecule has 2 aromatic heterocycles. The van der Waals surface area contributed by atoms with E-state index in [1.807, 2.05) is 17.5 Å². The van der Waals surface area contributed by atoms with Gasteiger partial charge in [-0.1, -0.05) is 29.4 Å². The van der Waals surface area contributed by atoms with Crippen LogP contribution in [0.15, 0.2) is 45.8 Å². The van der Waals surface area contributed by atoms with Crippen molar-refractivity contribution in [2.24, 2.45) is 0 Å². The van der Waals surface area contributed by atoms with E-state index >= 15 is 0 Å². The molecule has 0 unspecified atom stereocenters. The Balaban J connectivity index is 1.47. The molecule has 2 heterocycles. The maximum absolute atomic E-state index is 12.4. The number of carbonyl (C=O) groups is 1. The van der Waals surface area contributed by atoms with Gasteiger partial charge in [-0.15, -0.1) is 21.5 Å². The second-order valence-corrected chi connectivity index (χ2v) is 10.9. The zero-order valence-corrected chi connectivity index (χ0v) is 18.5. The second kappa shape index (κ2) is 8.10. The Morgan fingerprint density at radius 2 is 2.14 bits per heavy atom. The van der Waals surface area contributed by atoms with Crippen LogP contribution in [-0.4, -0.2) is 41.1 Å². The summed E-state index contributed by atoms with van der Waals surface area (Å²) in [5.41, 5.74) is 0.267. The molecule has 7 nitrogen and oxygen atoms in total. The number of aromatic nitrogens is 3. The Labute approximate surface area is 181 Å². The van der Waals surface area contributed by atoms with Crippen LogP contribution < -0.4 is 5.32 Å². The van der Waals surface area contributed by atoms with E-state index in [9.17, 15) is 13.2 Å². The molecule has 1 aliphatic rings. The van der Waals surface area contributed by atoms with E-state index in [1.165, 1.54) is 30.0 Å². The molecule has 0 radical (unpaired) electrons. The molecule has 0 saturated heterocycles. The smallest absolute Gasteiger partial charge is 0.234 e. The zero-order valence-electron chi connectivity index (χ0n) is 15.3. The molecule has 152 valence electrons. The van der Waals surface area contributed by atoms with Crippen molar-refractivity contribution >= 4 is 56.1 Å². The molecule has 3 aromatic rings. The van der Waals surface area contributed by atoms with Crippen molar-refractivity contribution in [3.63, 3.8) is 0 Å². The Morgan fingerprint density at radius 1 is 1.34 bits per heavy atom. The number of carbonyl (C=O) groups excluding carboxylic acids is 1. The summed E-state index contributed by atoms with van der Waals surface area (Å²) in [6.07, 6.45) is 3.25. The van der Waals surface area contributed by atoms with E-state index < -0.39 is 9.84 Å². The molecule has 1 amide bonds. The molecule has 4 rings (SSSR count). The summed E-state index contributed by atoms with van der Waals surface area (Å²) in [7, 11) is -3.40. The van der Waals surface area contributed by atoms with Gasteiger partial charge in [0.15, 0.2) is 20.8 Å². The molecule has 11 heteroatoms. The van der Waals surface area contributed by atoms with Crippen LogP contribution in [0.5, 0.6) is 0 Å². The van der Waals surface area contributed by atoms with Crippen LogP contribution in [-0.2, 0) is 14.6 Å². The van der Waals surface area contributed by atoms with Gasteiger partial charge in [0.05, 0.1) is 26.2 Å². The van der Waals surface area contributed by atoms with Gasteiger partial charge in [-0.2, -0.15) is 0 Å². The fourth-order valence-corrected chi connectivity index (χ4v) is 5.08. The predicted octanol–water partition coefficient (Wildman–Crippen LogP) is 4.13. The first-order valence-electron chi connectivity index (χ1n) is 8.74. The number of halogens is 1. The molecule has 1 aliphatic carbocycles. The van der Waals surface area contributed by atoms with E-state index in [-0.39, 0.29) is 27.3 Å². The molecular formula is C18H17ClN4O3S3. The highest BCUT2D eigenvalue weighted by molar-refractivity contribution is 7.99. The molecule has 0 bridgehead atoms. The van der Waals surface area contributed by atoms with E-state index in [0.29, 0.717) is 11.2 Å². The lowest BCUT2D eigenvalue weighted by atomic mass is 10.3. The SMILES string of the molecule is CS(=O)(=O)c1ccc(Cl)c(NC(=O)CSc2nnc(-c3cccs3)n2C2CC2)c1. The minimum absolute atomic E-state index is 0.0962. The molecule has 29 heavy (non-hydrogen) atoms. The number of thioether (sulfide) groups is 1. The minimum Gasteiger partial charge on any atom is -0.324 e. The highest BCUT2D eigenvalue weighted by Crippen LogP contribution is 2.41. The fourth-order valence-electron chi connectivity index (χ4n) is 2.76. The van der Waals surface area contributed by atoms with Crippen LogP contribution in [0.3, 0.4) is 0 Å². The van der Waals surface area contributed by atoms with Crippen LogP contribution >= 0.6 is 34.7 Å². The van der Waals surface area contributed by atoms with Gasteiger partial charge in [-0.3, -0.25) is 9.36 Å². The van der Waals surface area contributed by atoms with Crippen molar-refractivity contribution in [1.82, 2.24) is 14.8 Å². The van der Waals surface area contributed by atoms with Gasteiger partial charge in [-0.05, 0) is 42.5 Å². The number of sulfone groups is 1. The number of hydrogen-bond donors (Lipinski definition) is 1. The van der Waals surface area contributed by atoms with Gasteiger partial charge in [-0.25, -0.2) is 8.42 Å². The van der Waals surface area contributed by atoms with E-state index in [1.54, 1.807) is 11.3 Å². The summed E-state index contributed by atoms with van der Waals surface area (Å²) < 4.78 is 25.5. The van der Waals surface area contributed by atoms with Crippen LogP contribution in [0, 0.1) is 0 Å². The average molecular weight is 469 g/mol. The van der Waals surface area contributed by atoms with Crippen LogP contribution in [0.2, 0.25) is 5.02 Å². The van der Waals surface area contributed by atoms with Crippen LogP contribution in [0.4, 0.5) is 5.69 Å². The second-order valence-electron chi connectivity index (χ2n) is 6.64. The van der Waals surface area contributed by atoms with Gasteiger partial charge >= 0.3 is 0 Å². The van der Waals surface area contributed by atoms with E-state index in [0.717, 1.165) is 29.8 Å². The van der Waals surface area contributed by atoms with E-state index in [2.05, 4.69) is 20.1 Å². The summed E-state index contributed by atoms with van der Waals surface area (Å²) in [5.74, 6) is 0.634. The minimum atomic E-state index is -3.40. The van der Waals surface area contributed by atoms with Crippen molar-refractivity contribution in [3.05, 3.63) is 40.7 Å². The Hall–Kier alpha value is -1.88. The summed E-state index contributed by atoms with van der Waals surface area (Å²) >= 11 is 9.00. The van der Waals surface area contributed by atoms with Gasteiger partial charge in [0.2, 0.25) is 5.91 Å². The number of rotatable bonds is 7. The molecule has 1 saturated carbocycles. The topological polar surface area (TPSA) is 93.9 Å². The summed E-state index contributed by atoms with van der Waals surface area (Å²) in [5, 5.41) is 14.2. The molecule has 0 spiro atoms. The highest BCUT2D eigenvalue weighted by Gasteiger charge is 2.30. The quantitative estimate of drug-likeness (QED) is 0.524. The molecule has 1 N–H and O–H groups in total. The number of amides is 1. The zero-order chi connectivity index (χ0) is 20.6. The lowest BCUT2D eigenvalue weighted by molar-refractivity contribution is -0.113. The number of anilines is 1. The van der Waals surface area contributed by atoms with Gasteiger partial charge in [0.1, 0.15) is 0 Å². The van der Waals surface area contributed by atoms with Crippen molar-refractivity contribution in [1.29, 1.82) is 0 Å². The molecular weight excluding hydrogens is 452 g/mol. The number of nitrogens with one attached hydrogen (secondary N) is 1. The maximum Gasteiger partial charge on any atom is 0.234 e. The van der Waals surface area contributed by atoms with Gasteiger partial charge < -0.3 is 5.32 Å². The first kappa shape index (κ1) is 20.4. The summed E-state index contributed by atoms with van der Waals surface area (Å²) in [6.45, 7) is 0. The molecule has 1 aromatic carbocycles. The first-order valence-corrected chi connectivity index (χ1v) is 12.9. The average Bonchev–Trinajstić information content (AvgIpc) is 3.18. The summed E-state index contributed by atoms with van der Waals surface area (Å²) in [4.78, 5) is 13.6. The van der Waals surface area contributed by atoms with Gasteiger partial charge in [0.25, 0.3) is 0 Å². The third kappa shape index (κ3) is 4.66. The third-order valence-corrected chi connectivity index (χ3v) is 7.54. The number of hydrogen-bond acceptors (Lipinski definition) is 7. The monoisotopic (exact) mass is 468 g/mol. The standard InChI is InChI=1S/C18H17ClN4O3S3/c1-29(25,26)12-6-7-13(19)14(9-12)20-16(24)10-28-18-22-21-17(15-3-2-8-27-15)23(18)11-4-5-11/h2-3,6-9,11H,4-5,10H2,1H3,(H,20,24). The van der Waals surface area contributed by atoms with Gasteiger partial charge in [0, 0.05) is 12.3 Å². The molecule has 1 fully saturated rings. The molecule has 0 aliphatic heterocycles. The number of nitrogens with zero attached hydrogens (tertiary/aromatic N) is 3. The maximum atomic E-state index is 12.4. The summed E-state index contributed by atoms with van der Waals surface area (Å²) in [6, 6.07) is 8.58. The fraction of sp³-hybridized carbons (Fsp3) is 0.278.